The van der Waals surface area contributed by atoms with Gasteiger partial charge in [-0.05, 0) is 41.8 Å². The van der Waals surface area contributed by atoms with Gasteiger partial charge in [0.25, 0.3) is 0 Å². The van der Waals surface area contributed by atoms with Crippen LogP contribution < -0.4 is 0 Å². The van der Waals surface area contributed by atoms with Crippen molar-refractivity contribution in [3.05, 3.63) is 70.8 Å². The van der Waals surface area contributed by atoms with Crippen molar-refractivity contribution in [2.75, 3.05) is 0 Å². The molecule has 2 rings (SSSR count). The molecule has 2 aromatic carbocycles. The van der Waals surface area contributed by atoms with E-state index in [2.05, 4.69) is 86.1 Å². The molecule has 0 atom stereocenters. The van der Waals surface area contributed by atoms with Crippen LogP contribution in [0.5, 0.6) is 0 Å². The molecule has 110 valence electrons. The van der Waals surface area contributed by atoms with Gasteiger partial charge < -0.3 is 0 Å². The minimum absolute atomic E-state index is 0.820. The van der Waals surface area contributed by atoms with E-state index in [1.807, 2.05) is 0 Å². The summed E-state index contributed by atoms with van der Waals surface area (Å²) in [6, 6.07) is 16.9. The third-order valence-corrected chi connectivity index (χ3v) is 3.39. The summed E-state index contributed by atoms with van der Waals surface area (Å²) in [6.07, 6.45) is 4.05. The number of aryl methyl sites for hydroxylation is 1. The number of benzene rings is 2. The zero-order chi connectivity index (χ0) is 15.6. The molecule has 0 heterocycles. The molecule has 0 radical (unpaired) electrons. The summed E-state index contributed by atoms with van der Waals surface area (Å²) in [5.41, 5.74) is 4.74. The summed E-state index contributed by atoms with van der Waals surface area (Å²) < 4.78 is 0. The van der Waals surface area contributed by atoms with Crippen molar-refractivity contribution in [2.24, 2.45) is 0 Å². The lowest BCUT2D eigenvalue weighted by atomic mass is 10.1. The van der Waals surface area contributed by atoms with Crippen LogP contribution in [-0.2, 0) is 12.8 Å². The zero-order valence-electron chi connectivity index (χ0n) is 13.4. The van der Waals surface area contributed by atoms with Crippen LogP contribution in [0.3, 0.4) is 0 Å². The fraction of sp³-hybridized carbons (Fsp3) is 0.273. The van der Waals surface area contributed by atoms with E-state index in [0.717, 1.165) is 30.4 Å². The van der Waals surface area contributed by atoms with Crippen LogP contribution in [0.1, 0.15) is 48.9 Å². The van der Waals surface area contributed by atoms with Crippen molar-refractivity contribution in [1.29, 1.82) is 0 Å². The van der Waals surface area contributed by atoms with Crippen LogP contribution in [0.2, 0.25) is 0 Å². The van der Waals surface area contributed by atoms with E-state index in [1.54, 1.807) is 0 Å². The Morgan fingerprint density at radius 3 is 1.73 bits per heavy atom. The Balaban J connectivity index is 2.01. The molecule has 0 saturated heterocycles. The van der Waals surface area contributed by atoms with Crippen LogP contribution in [0, 0.1) is 23.7 Å². The van der Waals surface area contributed by atoms with Crippen LogP contribution in [0.15, 0.2) is 48.5 Å². The molecule has 0 unspecified atom stereocenters. The lowest BCUT2D eigenvalue weighted by Gasteiger charge is -1.98. The highest BCUT2D eigenvalue weighted by Crippen LogP contribution is 2.07. The van der Waals surface area contributed by atoms with Gasteiger partial charge in [0.05, 0.1) is 0 Å². The van der Waals surface area contributed by atoms with Gasteiger partial charge in [-0.3, -0.25) is 0 Å². The lowest BCUT2D eigenvalue weighted by molar-refractivity contribution is 0.922. The topological polar surface area (TPSA) is 0 Å². The van der Waals surface area contributed by atoms with Crippen molar-refractivity contribution in [3.63, 3.8) is 0 Å². The summed E-state index contributed by atoms with van der Waals surface area (Å²) >= 11 is 0. The average molecular weight is 286 g/mol. The predicted octanol–water partition coefficient (Wildman–Crippen LogP) is 4.99. The fourth-order valence-corrected chi connectivity index (χ4v) is 2.18. The highest BCUT2D eigenvalue weighted by atomic mass is 14.0. The standard InChI is InChI=1S/C22H22/c1-3-5-6-8-20-11-15-22(16-12-20)18-17-21-13-9-19(7-4-2)10-14-21/h9-16H,3-4,7-8H2,1-2H3. The minimum atomic E-state index is 0.820. The number of hydrogen-bond acceptors (Lipinski definition) is 0. The molecule has 0 aliphatic carbocycles. The first-order valence-electron chi connectivity index (χ1n) is 7.97. The van der Waals surface area contributed by atoms with E-state index < -0.39 is 0 Å². The fourth-order valence-electron chi connectivity index (χ4n) is 2.18. The van der Waals surface area contributed by atoms with Crippen molar-refractivity contribution < 1.29 is 0 Å². The van der Waals surface area contributed by atoms with Gasteiger partial charge in [0.15, 0.2) is 0 Å². The molecule has 0 heteroatoms. The van der Waals surface area contributed by atoms with Crippen molar-refractivity contribution in [1.82, 2.24) is 0 Å². The van der Waals surface area contributed by atoms with Gasteiger partial charge in [0.1, 0.15) is 0 Å². The van der Waals surface area contributed by atoms with Crippen LogP contribution in [-0.4, -0.2) is 0 Å². The Labute approximate surface area is 134 Å². The zero-order valence-corrected chi connectivity index (χ0v) is 13.4. The summed E-state index contributed by atoms with van der Waals surface area (Å²) in [5, 5.41) is 0. The highest BCUT2D eigenvalue weighted by Gasteiger charge is 1.92. The van der Waals surface area contributed by atoms with E-state index >= 15 is 0 Å². The Morgan fingerprint density at radius 2 is 1.23 bits per heavy atom. The number of rotatable bonds is 3. The number of hydrogen-bond donors (Lipinski definition) is 0. The molecule has 0 N–H and O–H groups in total. The summed E-state index contributed by atoms with van der Waals surface area (Å²) in [7, 11) is 0. The Hall–Kier alpha value is -2.44. The molecule has 0 amide bonds. The van der Waals surface area contributed by atoms with E-state index in [9.17, 15) is 0 Å². The quantitative estimate of drug-likeness (QED) is 0.697. The van der Waals surface area contributed by atoms with Gasteiger partial charge in [0.2, 0.25) is 0 Å². The van der Waals surface area contributed by atoms with E-state index in [-0.39, 0.29) is 0 Å². The molecular formula is C22H22. The summed E-state index contributed by atoms with van der Waals surface area (Å²) in [4.78, 5) is 0. The first-order valence-corrected chi connectivity index (χ1v) is 7.97. The second kappa shape index (κ2) is 8.76. The Morgan fingerprint density at radius 1 is 0.682 bits per heavy atom. The molecule has 0 aliphatic heterocycles. The monoisotopic (exact) mass is 286 g/mol. The van der Waals surface area contributed by atoms with E-state index in [0.29, 0.717) is 0 Å². The van der Waals surface area contributed by atoms with Gasteiger partial charge in [-0.25, -0.2) is 0 Å². The highest BCUT2D eigenvalue weighted by molar-refractivity contribution is 5.44. The maximum atomic E-state index is 3.22. The molecule has 0 spiro atoms. The molecular weight excluding hydrogens is 264 g/mol. The molecule has 0 aromatic heterocycles. The van der Waals surface area contributed by atoms with E-state index in [4.69, 9.17) is 0 Å². The molecule has 22 heavy (non-hydrogen) atoms. The molecule has 0 bridgehead atoms. The maximum Gasteiger partial charge on any atom is 0.0340 e. The Bertz CT molecular complexity index is 695. The maximum absolute atomic E-state index is 3.22. The minimum Gasteiger partial charge on any atom is -0.103 e. The van der Waals surface area contributed by atoms with Gasteiger partial charge in [-0.2, -0.15) is 0 Å². The molecule has 0 saturated carbocycles. The van der Waals surface area contributed by atoms with Gasteiger partial charge >= 0.3 is 0 Å². The Kier molecular flexibility index (Phi) is 6.35. The average Bonchev–Trinajstić information content (AvgIpc) is 2.56. The third-order valence-electron chi connectivity index (χ3n) is 3.39. The normalized spacial score (nSPS) is 9.36. The molecule has 0 aliphatic rings. The summed E-state index contributed by atoms with van der Waals surface area (Å²) in [5.74, 6) is 12.7. The van der Waals surface area contributed by atoms with E-state index in [1.165, 1.54) is 17.5 Å². The van der Waals surface area contributed by atoms with Gasteiger partial charge in [-0.15, -0.1) is 5.92 Å². The predicted molar refractivity (Wildman–Crippen MR) is 94.6 cm³/mol. The first-order chi connectivity index (χ1) is 10.8. The second-order valence-corrected chi connectivity index (χ2v) is 5.28. The first kappa shape index (κ1) is 15.9. The third kappa shape index (κ3) is 5.16. The summed E-state index contributed by atoms with van der Waals surface area (Å²) in [6.45, 7) is 4.27. The van der Waals surface area contributed by atoms with Gasteiger partial charge in [-0.1, -0.05) is 62.3 Å². The van der Waals surface area contributed by atoms with Gasteiger partial charge in [0, 0.05) is 24.0 Å². The van der Waals surface area contributed by atoms with Crippen LogP contribution in [0.4, 0.5) is 0 Å². The largest absolute Gasteiger partial charge is 0.103 e. The van der Waals surface area contributed by atoms with Crippen molar-refractivity contribution in [3.8, 4) is 23.7 Å². The second-order valence-electron chi connectivity index (χ2n) is 5.28. The van der Waals surface area contributed by atoms with Crippen LogP contribution in [0.25, 0.3) is 0 Å². The molecule has 2 aromatic rings. The lowest BCUT2D eigenvalue weighted by Crippen LogP contribution is -1.84. The van der Waals surface area contributed by atoms with Crippen LogP contribution >= 0.6 is 0 Å². The van der Waals surface area contributed by atoms with Crippen molar-refractivity contribution >= 4 is 0 Å². The molecule has 0 fully saturated rings. The molecule has 0 nitrogen and oxygen atoms in total. The SMILES string of the molecule is CCC#CCc1ccc(C#Cc2ccc(CCC)cc2)cc1. The van der Waals surface area contributed by atoms with Crippen molar-refractivity contribution in [2.45, 2.75) is 39.5 Å². The smallest absolute Gasteiger partial charge is 0.0340 e.